The summed E-state index contributed by atoms with van der Waals surface area (Å²) in [6.07, 6.45) is -0.0280. The zero-order chi connectivity index (χ0) is 11.3. The van der Waals surface area contributed by atoms with E-state index in [2.05, 4.69) is 10.3 Å². The number of thiazole rings is 1. The van der Waals surface area contributed by atoms with Crippen LogP contribution in [0.2, 0.25) is 0 Å². The summed E-state index contributed by atoms with van der Waals surface area (Å²) in [6, 6.07) is 0. The quantitative estimate of drug-likeness (QED) is 0.645. The monoisotopic (exact) mass is 230 g/mol. The fourth-order valence-electron chi connectivity index (χ4n) is 0.861. The number of carbonyl (C=O) groups excluding carboxylic acids is 1. The van der Waals surface area contributed by atoms with Crippen molar-refractivity contribution in [2.75, 3.05) is 6.54 Å². The summed E-state index contributed by atoms with van der Waals surface area (Å²) in [4.78, 5) is 25.7. The molecular formula is C8H10N2O4S. The molecule has 7 heteroatoms. The molecule has 0 saturated carbocycles. The molecule has 0 aliphatic rings. The fraction of sp³-hybridized carbons (Fsp3) is 0.375. The second-order valence-electron chi connectivity index (χ2n) is 2.76. The first-order chi connectivity index (χ1) is 7.11. The molecule has 6 nitrogen and oxygen atoms in total. The number of nitrogens with one attached hydrogen (secondary N) is 1. The maximum absolute atomic E-state index is 11.3. The molecule has 0 aliphatic heterocycles. The van der Waals surface area contributed by atoms with Gasteiger partial charge in [0.1, 0.15) is 4.88 Å². The highest BCUT2D eigenvalue weighted by Gasteiger charge is 2.13. The number of aliphatic hydroxyl groups is 1. The Morgan fingerprint density at radius 1 is 1.60 bits per heavy atom. The van der Waals surface area contributed by atoms with Crippen LogP contribution in [-0.4, -0.2) is 39.7 Å². The summed E-state index contributed by atoms with van der Waals surface area (Å²) in [5.74, 6) is -1.60. The third-order valence-electron chi connectivity index (χ3n) is 1.64. The van der Waals surface area contributed by atoms with Crippen LogP contribution in [0.5, 0.6) is 0 Å². The van der Waals surface area contributed by atoms with E-state index in [1.807, 2.05) is 0 Å². The topological polar surface area (TPSA) is 99.5 Å². The second-order valence-corrected chi connectivity index (χ2v) is 3.65. The number of carboxylic acid groups (broad SMARTS) is 1. The van der Waals surface area contributed by atoms with Crippen molar-refractivity contribution in [2.45, 2.75) is 12.5 Å². The molecule has 0 aromatic carbocycles. The van der Waals surface area contributed by atoms with Gasteiger partial charge in [0.05, 0.1) is 11.7 Å². The number of rotatable bonds is 5. The van der Waals surface area contributed by atoms with Crippen LogP contribution in [0, 0.1) is 0 Å². The standard InChI is InChI=1S/C8H10N2O4S/c11-5(8(13)14)1-2-10-7(12)6-3-9-4-15-6/h3-5,11H,1-2H2,(H,10,12)(H,13,14). The van der Waals surface area contributed by atoms with Gasteiger partial charge in [-0.05, 0) is 0 Å². The molecule has 3 N–H and O–H groups in total. The second kappa shape index (κ2) is 5.42. The highest BCUT2D eigenvalue weighted by Crippen LogP contribution is 2.04. The number of hydrogen-bond acceptors (Lipinski definition) is 5. The molecule has 1 unspecified atom stereocenters. The smallest absolute Gasteiger partial charge is 0.332 e. The van der Waals surface area contributed by atoms with E-state index in [1.165, 1.54) is 23.0 Å². The lowest BCUT2D eigenvalue weighted by Crippen LogP contribution is -2.29. The highest BCUT2D eigenvalue weighted by molar-refractivity contribution is 7.11. The minimum absolute atomic E-state index is 0.0140. The molecule has 1 atom stereocenters. The van der Waals surface area contributed by atoms with Crippen LogP contribution in [-0.2, 0) is 4.79 Å². The Labute approximate surface area is 89.6 Å². The van der Waals surface area contributed by atoms with Gasteiger partial charge in [-0.1, -0.05) is 0 Å². The third-order valence-corrected chi connectivity index (χ3v) is 2.42. The first kappa shape index (κ1) is 11.6. The van der Waals surface area contributed by atoms with Crippen molar-refractivity contribution in [2.24, 2.45) is 0 Å². The van der Waals surface area contributed by atoms with E-state index in [0.29, 0.717) is 4.88 Å². The minimum Gasteiger partial charge on any atom is -0.479 e. The van der Waals surface area contributed by atoms with Crippen LogP contribution in [0.1, 0.15) is 16.1 Å². The SMILES string of the molecule is O=C(NCCC(O)C(=O)O)c1cncs1. The summed E-state index contributed by atoms with van der Waals surface area (Å²) in [6.45, 7) is 0.115. The summed E-state index contributed by atoms with van der Waals surface area (Å²) < 4.78 is 0. The van der Waals surface area contributed by atoms with Crippen molar-refractivity contribution in [1.82, 2.24) is 10.3 Å². The van der Waals surface area contributed by atoms with Gasteiger partial charge < -0.3 is 15.5 Å². The molecule has 0 bridgehead atoms. The number of carboxylic acids is 1. The van der Waals surface area contributed by atoms with Crippen molar-refractivity contribution >= 4 is 23.2 Å². The van der Waals surface area contributed by atoms with Gasteiger partial charge >= 0.3 is 5.97 Å². The fourth-order valence-corrected chi connectivity index (χ4v) is 1.40. The lowest BCUT2D eigenvalue weighted by Gasteiger charge is -2.05. The molecule has 0 saturated heterocycles. The molecular weight excluding hydrogens is 220 g/mol. The van der Waals surface area contributed by atoms with Gasteiger partial charge in [0.2, 0.25) is 0 Å². The van der Waals surface area contributed by atoms with Crippen LogP contribution in [0.25, 0.3) is 0 Å². The van der Waals surface area contributed by atoms with Gasteiger partial charge in [-0.2, -0.15) is 0 Å². The Morgan fingerprint density at radius 2 is 2.33 bits per heavy atom. The number of aromatic nitrogens is 1. The molecule has 0 spiro atoms. The van der Waals surface area contributed by atoms with E-state index in [-0.39, 0.29) is 18.9 Å². The van der Waals surface area contributed by atoms with Gasteiger partial charge in [-0.15, -0.1) is 11.3 Å². The third kappa shape index (κ3) is 3.64. The van der Waals surface area contributed by atoms with Crippen LogP contribution in [0.15, 0.2) is 11.7 Å². The van der Waals surface area contributed by atoms with Crippen molar-refractivity contribution in [1.29, 1.82) is 0 Å². The van der Waals surface area contributed by atoms with Crippen LogP contribution in [0.4, 0.5) is 0 Å². The van der Waals surface area contributed by atoms with Gasteiger partial charge in [-0.25, -0.2) is 4.79 Å². The lowest BCUT2D eigenvalue weighted by atomic mass is 10.2. The van der Waals surface area contributed by atoms with E-state index < -0.39 is 12.1 Å². The zero-order valence-corrected chi connectivity index (χ0v) is 8.53. The summed E-state index contributed by atoms with van der Waals surface area (Å²) >= 11 is 1.19. The van der Waals surface area contributed by atoms with Crippen molar-refractivity contribution in [3.8, 4) is 0 Å². The van der Waals surface area contributed by atoms with Crippen molar-refractivity contribution in [3.05, 3.63) is 16.6 Å². The molecule has 82 valence electrons. The van der Waals surface area contributed by atoms with Crippen LogP contribution in [0.3, 0.4) is 0 Å². The van der Waals surface area contributed by atoms with E-state index in [4.69, 9.17) is 10.2 Å². The molecule has 1 amide bonds. The highest BCUT2D eigenvalue weighted by atomic mass is 32.1. The van der Waals surface area contributed by atoms with Crippen molar-refractivity contribution in [3.63, 3.8) is 0 Å². The Balaban J connectivity index is 2.27. The predicted octanol–water partition coefficient (Wildman–Crippen LogP) is -0.291. The van der Waals surface area contributed by atoms with Gasteiger partial charge in [0, 0.05) is 13.0 Å². The number of aliphatic carboxylic acids is 1. The predicted molar refractivity (Wildman–Crippen MR) is 52.7 cm³/mol. The first-order valence-electron chi connectivity index (χ1n) is 4.19. The van der Waals surface area contributed by atoms with Crippen LogP contribution < -0.4 is 5.32 Å². The number of carbonyl (C=O) groups is 2. The average Bonchev–Trinajstić information content (AvgIpc) is 2.70. The Morgan fingerprint density at radius 3 is 2.87 bits per heavy atom. The maximum Gasteiger partial charge on any atom is 0.332 e. The Bertz CT molecular complexity index is 338. The summed E-state index contributed by atoms with van der Waals surface area (Å²) in [7, 11) is 0. The summed E-state index contributed by atoms with van der Waals surface area (Å²) in [5, 5.41) is 19.7. The molecule has 15 heavy (non-hydrogen) atoms. The molecule has 1 heterocycles. The zero-order valence-electron chi connectivity index (χ0n) is 7.71. The molecule has 1 rings (SSSR count). The molecule has 1 aromatic rings. The first-order valence-corrected chi connectivity index (χ1v) is 5.07. The number of amides is 1. The molecule has 0 fully saturated rings. The molecule has 0 radical (unpaired) electrons. The maximum atomic E-state index is 11.3. The average molecular weight is 230 g/mol. The van der Waals surface area contributed by atoms with E-state index in [1.54, 1.807) is 0 Å². The number of nitrogens with zero attached hydrogens (tertiary/aromatic N) is 1. The Kier molecular flexibility index (Phi) is 4.19. The largest absolute Gasteiger partial charge is 0.479 e. The lowest BCUT2D eigenvalue weighted by molar-refractivity contribution is -0.146. The number of hydrogen-bond donors (Lipinski definition) is 3. The minimum atomic E-state index is -1.44. The van der Waals surface area contributed by atoms with Gasteiger partial charge in [0.25, 0.3) is 5.91 Å². The van der Waals surface area contributed by atoms with E-state index in [0.717, 1.165) is 0 Å². The number of aliphatic hydroxyl groups excluding tert-OH is 1. The van der Waals surface area contributed by atoms with Gasteiger partial charge in [0.15, 0.2) is 6.10 Å². The molecule has 1 aromatic heterocycles. The van der Waals surface area contributed by atoms with Gasteiger partial charge in [-0.3, -0.25) is 9.78 Å². The van der Waals surface area contributed by atoms with E-state index >= 15 is 0 Å². The molecule has 0 aliphatic carbocycles. The van der Waals surface area contributed by atoms with E-state index in [9.17, 15) is 9.59 Å². The summed E-state index contributed by atoms with van der Waals surface area (Å²) in [5.41, 5.74) is 1.53. The Hall–Kier alpha value is -1.47. The van der Waals surface area contributed by atoms with Crippen molar-refractivity contribution < 1.29 is 19.8 Å². The van der Waals surface area contributed by atoms with Crippen LogP contribution >= 0.6 is 11.3 Å². The normalized spacial score (nSPS) is 12.1.